The van der Waals surface area contributed by atoms with Crippen LogP contribution in [0, 0.1) is 0 Å². The maximum atomic E-state index is 12.3. The number of carbonyl (C=O) groups excluding carboxylic acids is 1. The molecule has 25 heavy (non-hydrogen) atoms. The molecule has 2 heterocycles. The molecule has 1 amide bonds. The normalized spacial score (nSPS) is 10.8. The van der Waals surface area contributed by atoms with Gasteiger partial charge >= 0.3 is 0 Å². The molecule has 0 radical (unpaired) electrons. The predicted molar refractivity (Wildman–Crippen MR) is 98.3 cm³/mol. The van der Waals surface area contributed by atoms with E-state index in [4.69, 9.17) is 0 Å². The van der Waals surface area contributed by atoms with Gasteiger partial charge in [-0.05, 0) is 23.8 Å². The Bertz CT molecular complexity index is 1050. The second-order valence-electron chi connectivity index (χ2n) is 5.81. The monoisotopic (exact) mass is 328 g/mol. The lowest BCUT2D eigenvalue weighted by molar-refractivity contribution is 0.101. The number of pyridine rings is 1. The van der Waals surface area contributed by atoms with Gasteiger partial charge in [-0.3, -0.25) is 9.78 Å². The minimum Gasteiger partial charge on any atom is -0.330 e. The molecule has 0 spiro atoms. The molecular weight excluding hydrogens is 312 g/mol. The third-order valence-corrected chi connectivity index (χ3v) is 4.07. The molecule has 5 nitrogen and oxygen atoms in total. The summed E-state index contributed by atoms with van der Waals surface area (Å²) in [6.45, 7) is 0. The molecule has 5 heteroatoms. The van der Waals surface area contributed by atoms with Gasteiger partial charge in [0, 0.05) is 42.3 Å². The van der Waals surface area contributed by atoms with Crippen molar-refractivity contribution in [1.82, 2.24) is 14.5 Å². The molecule has 4 aromatic rings. The van der Waals surface area contributed by atoms with Crippen molar-refractivity contribution in [1.29, 1.82) is 0 Å². The van der Waals surface area contributed by atoms with Crippen molar-refractivity contribution in [2.24, 2.45) is 7.05 Å². The highest BCUT2D eigenvalue weighted by Gasteiger charge is 2.11. The summed E-state index contributed by atoms with van der Waals surface area (Å²) in [4.78, 5) is 20.8. The van der Waals surface area contributed by atoms with Crippen molar-refractivity contribution in [2.45, 2.75) is 0 Å². The summed E-state index contributed by atoms with van der Waals surface area (Å²) in [6.07, 6.45) is 5.19. The zero-order valence-corrected chi connectivity index (χ0v) is 13.7. The van der Waals surface area contributed by atoms with E-state index in [0.717, 1.165) is 22.0 Å². The quantitative estimate of drug-likeness (QED) is 0.621. The summed E-state index contributed by atoms with van der Waals surface area (Å²) in [7, 11) is 1.79. The van der Waals surface area contributed by atoms with Gasteiger partial charge in [0.2, 0.25) is 0 Å². The van der Waals surface area contributed by atoms with Crippen LogP contribution in [0.4, 0.5) is 5.69 Å². The van der Waals surface area contributed by atoms with E-state index < -0.39 is 0 Å². The molecule has 0 fully saturated rings. The second kappa shape index (κ2) is 6.20. The Morgan fingerprint density at radius 2 is 1.84 bits per heavy atom. The summed E-state index contributed by atoms with van der Waals surface area (Å²) in [6, 6.07) is 17.9. The maximum absolute atomic E-state index is 12.3. The van der Waals surface area contributed by atoms with Gasteiger partial charge in [0.25, 0.3) is 5.91 Å². The molecule has 0 saturated heterocycles. The van der Waals surface area contributed by atoms with E-state index in [9.17, 15) is 4.79 Å². The lowest BCUT2D eigenvalue weighted by Gasteiger charge is -2.07. The molecule has 0 aliphatic heterocycles. The van der Waals surface area contributed by atoms with E-state index in [1.54, 1.807) is 24.0 Å². The predicted octanol–water partition coefficient (Wildman–Crippen LogP) is 3.89. The van der Waals surface area contributed by atoms with Crippen LogP contribution in [0.15, 0.2) is 73.2 Å². The van der Waals surface area contributed by atoms with E-state index in [-0.39, 0.29) is 5.91 Å². The SMILES string of the molecule is Cn1ccnc1C(=O)Nc1ccc2cc(-c3ccccc3)cnc2c1. The Morgan fingerprint density at radius 3 is 2.60 bits per heavy atom. The number of nitrogens with one attached hydrogen (secondary N) is 1. The van der Waals surface area contributed by atoms with Crippen molar-refractivity contribution in [3.05, 3.63) is 79.0 Å². The minimum absolute atomic E-state index is 0.243. The van der Waals surface area contributed by atoms with Crippen molar-refractivity contribution < 1.29 is 4.79 Å². The Morgan fingerprint density at radius 1 is 1.00 bits per heavy atom. The fourth-order valence-electron chi connectivity index (χ4n) is 2.76. The molecule has 1 N–H and O–H groups in total. The van der Waals surface area contributed by atoms with E-state index >= 15 is 0 Å². The number of nitrogens with zero attached hydrogens (tertiary/aromatic N) is 3. The number of benzene rings is 2. The highest BCUT2D eigenvalue weighted by molar-refractivity contribution is 6.02. The number of fused-ring (bicyclic) bond motifs is 1. The third kappa shape index (κ3) is 2.99. The first-order valence-electron chi connectivity index (χ1n) is 7.94. The smallest absolute Gasteiger partial charge is 0.291 e. The van der Waals surface area contributed by atoms with Gasteiger partial charge in [0.05, 0.1) is 5.52 Å². The lowest BCUT2D eigenvalue weighted by atomic mass is 10.1. The number of imidazole rings is 1. The molecule has 4 rings (SSSR count). The fourth-order valence-corrected chi connectivity index (χ4v) is 2.76. The number of hydrogen-bond donors (Lipinski definition) is 1. The first kappa shape index (κ1) is 15.1. The maximum Gasteiger partial charge on any atom is 0.291 e. The molecule has 0 aliphatic rings. The molecule has 0 atom stereocenters. The van der Waals surface area contributed by atoms with Gasteiger partial charge in [-0.1, -0.05) is 36.4 Å². The van der Waals surface area contributed by atoms with Crippen molar-refractivity contribution in [3.63, 3.8) is 0 Å². The highest BCUT2D eigenvalue weighted by atomic mass is 16.2. The average Bonchev–Trinajstić information content (AvgIpc) is 3.08. The number of rotatable bonds is 3. The number of aromatic nitrogens is 3. The summed E-state index contributed by atoms with van der Waals surface area (Å²) in [5, 5.41) is 3.89. The van der Waals surface area contributed by atoms with Crippen LogP contribution in [0.25, 0.3) is 22.0 Å². The van der Waals surface area contributed by atoms with E-state index in [2.05, 4.69) is 33.5 Å². The summed E-state index contributed by atoms with van der Waals surface area (Å²) in [5.41, 5.74) is 3.72. The van der Waals surface area contributed by atoms with Gasteiger partial charge in [-0.25, -0.2) is 4.98 Å². The van der Waals surface area contributed by atoms with Gasteiger partial charge in [0.15, 0.2) is 5.82 Å². The number of anilines is 1. The summed E-state index contributed by atoms with van der Waals surface area (Å²) < 4.78 is 1.68. The molecule has 0 aliphatic carbocycles. The van der Waals surface area contributed by atoms with Crippen molar-refractivity contribution in [3.8, 4) is 11.1 Å². The zero-order valence-electron chi connectivity index (χ0n) is 13.7. The van der Waals surface area contributed by atoms with Crippen LogP contribution in [-0.4, -0.2) is 20.4 Å². The van der Waals surface area contributed by atoms with Crippen LogP contribution >= 0.6 is 0 Å². The van der Waals surface area contributed by atoms with Gasteiger partial charge in [-0.2, -0.15) is 0 Å². The Balaban J connectivity index is 1.63. The topological polar surface area (TPSA) is 59.8 Å². The second-order valence-corrected chi connectivity index (χ2v) is 5.81. The number of amides is 1. The van der Waals surface area contributed by atoms with Crippen LogP contribution in [-0.2, 0) is 7.05 Å². The number of aryl methyl sites for hydroxylation is 1. The number of hydrogen-bond acceptors (Lipinski definition) is 3. The lowest BCUT2D eigenvalue weighted by Crippen LogP contribution is -2.16. The summed E-state index contributed by atoms with van der Waals surface area (Å²) >= 11 is 0. The molecule has 122 valence electrons. The molecule has 0 bridgehead atoms. The van der Waals surface area contributed by atoms with E-state index in [0.29, 0.717) is 11.5 Å². The molecule has 2 aromatic carbocycles. The Hall–Kier alpha value is -3.47. The van der Waals surface area contributed by atoms with E-state index in [1.807, 2.05) is 42.6 Å². The summed E-state index contributed by atoms with van der Waals surface area (Å²) in [5.74, 6) is 0.125. The average molecular weight is 328 g/mol. The fraction of sp³-hybridized carbons (Fsp3) is 0.0500. The highest BCUT2D eigenvalue weighted by Crippen LogP contribution is 2.24. The molecule has 0 saturated carbocycles. The zero-order chi connectivity index (χ0) is 17.2. The largest absolute Gasteiger partial charge is 0.330 e. The van der Waals surface area contributed by atoms with Crippen LogP contribution < -0.4 is 5.32 Å². The van der Waals surface area contributed by atoms with Gasteiger partial charge < -0.3 is 9.88 Å². The van der Waals surface area contributed by atoms with Crippen molar-refractivity contribution >= 4 is 22.5 Å². The first-order chi connectivity index (χ1) is 12.2. The van der Waals surface area contributed by atoms with Crippen LogP contribution in [0.2, 0.25) is 0 Å². The van der Waals surface area contributed by atoms with Gasteiger partial charge in [-0.15, -0.1) is 0 Å². The Kier molecular flexibility index (Phi) is 3.74. The molecular formula is C20H16N4O. The Labute approximate surface area is 145 Å². The van der Waals surface area contributed by atoms with Crippen LogP contribution in [0.3, 0.4) is 0 Å². The number of carbonyl (C=O) groups is 1. The molecule has 0 unspecified atom stereocenters. The van der Waals surface area contributed by atoms with Crippen molar-refractivity contribution in [2.75, 3.05) is 5.32 Å². The standard InChI is InChI=1S/C20H16N4O/c1-24-10-9-21-19(24)20(25)23-17-8-7-15-11-16(13-22-18(15)12-17)14-5-3-2-4-6-14/h2-13H,1H3,(H,23,25). The first-order valence-corrected chi connectivity index (χ1v) is 7.94. The van der Waals surface area contributed by atoms with Crippen LogP contribution in [0.5, 0.6) is 0 Å². The van der Waals surface area contributed by atoms with Crippen LogP contribution in [0.1, 0.15) is 10.6 Å². The molecule has 2 aromatic heterocycles. The van der Waals surface area contributed by atoms with E-state index in [1.165, 1.54) is 0 Å². The van der Waals surface area contributed by atoms with Gasteiger partial charge in [0.1, 0.15) is 0 Å². The minimum atomic E-state index is -0.243. The third-order valence-electron chi connectivity index (χ3n) is 4.07.